The Bertz CT molecular complexity index is 123. The molecule has 0 aromatic heterocycles. The van der Waals surface area contributed by atoms with Crippen LogP contribution in [0.1, 0.15) is 26.7 Å². The predicted molar refractivity (Wildman–Crippen MR) is 29.7 cm³/mol. The van der Waals surface area contributed by atoms with Gasteiger partial charge in [0.2, 0.25) is 0 Å². The number of hydrogen-bond acceptors (Lipinski definition) is 2. The minimum absolute atomic E-state index is 0.175. The summed E-state index contributed by atoms with van der Waals surface area (Å²) < 4.78 is 0. The lowest BCUT2D eigenvalue weighted by molar-refractivity contribution is -0.398. The molecule has 0 aromatic rings. The van der Waals surface area contributed by atoms with Gasteiger partial charge in [-0.1, -0.05) is 0 Å². The van der Waals surface area contributed by atoms with Crippen LogP contribution in [0.15, 0.2) is 0 Å². The zero-order valence-electron chi connectivity index (χ0n) is 5.31. The van der Waals surface area contributed by atoms with Gasteiger partial charge >= 0.3 is 0 Å². The minimum Gasteiger partial charge on any atom is -0.313 e. The van der Waals surface area contributed by atoms with Gasteiger partial charge in [-0.15, -0.1) is 0 Å². The Morgan fingerprint density at radius 3 is 1.62 bits per heavy atom. The maximum atomic E-state index is 9.12. The zero-order chi connectivity index (χ0) is 5.99. The third-order valence-electron chi connectivity index (χ3n) is 2.55. The summed E-state index contributed by atoms with van der Waals surface area (Å²) in [4.78, 5) is 0. The second-order valence-electron chi connectivity index (χ2n) is 3.66. The highest BCUT2D eigenvalue weighted by Crippen LogP contribution is 2.61. The van der Waals surface area contributed by atoms with Crippen molar-refractivity contribution in [2.75, 3.05) is 0 Å². The van der Waals surface area contributed by atoms with E-state index in [1.54, 1.807) is 0 Å². The molecular weight excluding hydrogens is 102 g/mol. The summed E-state index contributed by atoms with van der Waals surface area (Å²) >= 11 is 0. The summed E-state index contributed by atoms with van der Waals surface area (Å²) in [5, 5.41) is 10.6. The highest BCUT2D eigenvalue weighted by Gasteiger charge is 2.69. The van der Waals surface area contributed by atoms with Crippen LogP contribution < -0.4 is 0 Å². The molecule has 2 saturated heterocycles. The van der Waals surface area contributed by atoms with Gasteiger partial charge < -0.3 is 5.21 Å². The first-order valence-corrected chi connectivity index (χ1v) is 3.06. The Labute approximate surface area is 49.1 Å². The molecule has 2 heteroatoms. The van der Waals surface area contributed by atoms with Crippen LogP contribution in [0.5, 0.6) is 0 Å². The second kappa shape index (κ2) is 0.847. The molecular formula is C6H11NO. The van der Waals surface area contributed by atoms with E-state index in [1.807, 2.05) is 0 Å². The molecule has 0 spiro atoms. The van der Waals surface area contributed by atoms with Gasteiger partial charge in [0.15, 0.2) is 0 Å². The summed E-state index contributed by atoms with van der Waals surface area (Å²) in [6.45, 7) is 4.19. The van der Waals surface area contributed by atoms with E-state index in [2.05, 4.69) is 13.8 Å². The third-order valence-corrected chi connectivity index (χ3v) is 2.55. The fraction of sp³-hybridized carbons (Fsp3) is 1.00. The molecule has 46 valence electrons. The first-order valence-electron chi connectivity index (χ1n) is 3.06. The molecule has 1 saturated carbocycles. The molecule has 8 heavy (non-hydrogen) atoms. The van der Waals surface area contributed by atoms with E-state index in [1.165, 1.54) is 17.9 Å². The number of hydroxylamine groups is 2. The maximum absolute atomic E-state index is 9.12. The van der Waals surface area contributed by atoms with Gasteiger partial charge in [0.05, 0.1) is 0 Å². The average Bonchev–Trinajstić information content (AvgIpc) is 1.66. The minimum atomic E-state index is 0.175. The lowest BCUT2D eigenvalue weighted by atomic mass is 9.53. The Morgan fingerprint density at radius 2 is 1.62 bits per heavy atom. The van der Waals surface area contributed by atoms with Crippen LogP contribution in [0.25, 0.3) is 0 Å². The van der Waals surface area contributed by atoms with Gasteiger partial charge in [-0.25, -0.2) is 0 Å². The van der Waals surface area contributed by atoms with Crippen LogP contribution in [0.3, 0.4) is 0 Å². The summed E-state index contributed by atoms with van der Waals surface area (Å²) in [6, 6.07) is 0. The van der Waals surface area contributed by atoms with Crippen LogP contribution in [-0.2, 0) is 0 Å². The summed E-state index contributed by atoms with van der Waals surface area (Å²) in [6.07, 6.45) is 2.35. The van der Waals surface area contributed by atoms with E-state index in [4.69, 9.17) is 5.21 Å². The molecule has 1 aliphatic carbocycles. The van der Waals surface area contributed by atoms with Gasteiger partial charge in [-0.05, 0) is 26.7 Å². The molecule has 0 amide bonds. The van der Waals surface area contributed by atoms with Crippen molar-refractivity contribution in [1.82, 2.24) is 5.06 Å². The Balaban J connectivity index is 2.21. The van der Waals surface area contributed by atoms with Crippen LogP contribution in [0, 0.1) is 0 Å². The summed E-state index contributed by atoms with van der Waals surface area (Å²) in [7, 11) is 0. The maximum Gasteiger partial charge on any atom is 0.0475 e. The van der Waals surface area contributed by atoms with E-state index < -0.39 is 0 Å². The molecule has 0 aromatic carbocycles. The lowest BCUT2D eigenvalue weighted by Gasteiger charge is -2.73. The van der Waals surface area contributed by atoms with Gasteiger partial charge in [-0.3, -0.25) is 0 Å². The van der Waals surface area contributed by atoms with Crippen molar-refractivity contribution >= 4 is 0 Å². The SMILES string of the molecule is CC12CC(C)(C1)N2O. The van der Waals surface area contributed by atoms with Gasteiger partial charge in [0, 0.05) is 11.1 Å². The van der Waals surface area contributed by atoms with Crippen molar-refractivity contribution in [3.05, 3.63) is 0 Å². The Morgan fingerprint density at radius 1 is 1.25 bits per heavy atom. The predicted octanol–water partition coefficient (Wildman–Crippen LogP) is 1.00. The Kier molecular flexibility index (Phi) is 0.505. The Hall–Kier alpha value is -0.0800. The molecule has 3 aliphatic rings. The van der Waals surface area contributed by atoms with Crippen molar-refractivity contribution < 1.29 is 5.21 Å². The number of nitrogens with zero attached hydrogens (tertiary/aromatic N) is 1. The third kappa shape index (κ3) is 0.250. The van der Waals surface area contributed by atoms with Crippen molar-refractivity contribution in [1.29, 1.82) is 0 Å². The van der Waals surface area contributed by atoms with Crippen LogP contribution in [0.2, 0.25) is 0 Å². The number of rotatable bonds is 0. The first-order chi connectivity index (χ1) is 3.57. The summed E-state index contributed by atoms with van der Waals surface area (Å²) in [5.74, 6) is 0. The smallest absolute Gasteiger partial charge is 0.0475 e. The van der Waals surface area contributed by atoms with Crippen LogP contribution >= 0.6 is 0 Å². The van der Waals surface area contributed by atoms with E-state index in [0.717, 1.165) is 0 Å². The normalized spacial score (nSPS) is 61.9. The largest absolute Gasteiger partial charge is 0.313 e. The van der Waals surface area contributed by atoms with E-state index >= 15 is 0 Å². The molecule has 1 N–H and O–H groups in total. The standard InChI is InChI=1S/C6H11NO/c1-5-3-6(2,4-5)7(5)8/h8H,3-4H2,1-2H3. The molecule has 3 fully saturated rings. The van der Waals surface area contributed by atoms with Crippen molar-refractivity contribution in [2.24, 2.45) is 0 Å². The molecule has 3 rings (SSSR count). The highest BCUT2D eigenvalue weighted by molar-refractivity contribution is 5.22. The summed E-state index contributed by atoms with van der Waals surface area (Å²) in [5.41, 5.74) is 0.351. The molecule has 0 atom stereocenters. The highest BCUT2D eigenvalue weighted by atomic mass is 16.5. The molecule has 2 bridgehead atoms. The molecule has 2 nitrogen and oxygen atoms in total. The van der Waals surface area contributed by atoms with E-state index in [-0.39, 0.29) is 11.1 Å². The van der Waals surface area contributed by atoms with Gasteiger partial charge in [0.25, 0.3) is 0 Å². The topological polar surface area (TPSA) is 23.5 Å². The van der Waals surface area contributed by atoms with Crippen molar-refractivity contribution in [3.63, 3.8) is 0 Å². The zero-order valence-corrected chi connectivity index (χ0v) is 5.31. The number of hydrogen-bond donors (Lipinski definition) is 1. The van der Waals surface area contributed by atoms with E-state index in [9.17, 15) is 0 Å². The lowest BCUT2D eigenvalue weighted by Crippen LogP contribution is -2.83. The molecule has 0 unspecified atom stereocenters. The first kappa shape index (κ1) is 4.77. The van der Waals surface area contributed by atoms with Crippen LogP contribution in [0.4, 0.5) is 0 Å². The average molecular weight is 113 g/mol. The fourth-order valence-corrected chi connectivity index (χ4v) is 2.36. The van der Waals surface area contributed by atoms with Crippen molar-refractivity contribution in [3.8, 4) is 0 Å². The molecule has 2 heterocycles. The monoisotopic (exact) mass is 113 g/mol. The van der Waals surface area contributed by atoms with Crippen LogP contribution in [-0.4, -0.2) is 21.3 Å². The van der Waals surface area contributed by atoms with E-state index in [0.29, 0.717) is 0 Å². The quantitative estimate of drug-likeness (QED) is 0.506. The fourth-order valence-electron chi connectivity index (χ4n) is 2.36. The molecule has 2 aliphatic heterocycles. The van der Waals surface area contributed by atoms with Gasteiger partial charge in [0.1, 0.15) is 0 Å². The molecule has 0 radical (unpaired) electrons. The second-order valence-corrected chi connectivity index (χ2v) is 3.66. The van der Waals surface area contributed by atoms with Crippen molar-refractivity contribution in [2.45, 2.75) is 37.8 Å². The van der Waals surface area contributed by atoms with Gasteiger partial charge in [-0.2, -0.15) is 5.06 Å².